The van der Waals surface area contributed by atoms with Crippen LogP contribution in [0.4, 0.5) is 0 Å². The normalized spacial score (nSPS) is 29.8. The summed E-state index contributed by atoms with van der Waals surface area (Å²) in [6.45, 7) is 2.17. The number of rotatable bonds is 2. The molecule has 4 atom stereocenters. The smallest absolute Gasteiger partial charge is 0.267 e. The molecule has 1 aliphatic heterocycles. The molecule has 2 heterocycles. The molecule has 126 valence electrons. The molecule has 4 unspecified atom stereocenters. The predicted octanol–water partition coefficient (Wildman–Crippen LogP) is 2.59. The average molecular weight is 325 g/mol. The Morgan fingerprint density at radius 2 is 2.08 bits per heavy atom. The van der Waals surface area contributed by atoms with Crippen molar-refractivity contribution in [3.8, 4) is 0 Å². The Bertz CT molecular complexity index is 749. The van der Waals surface area contributed by atoms with Crippen LogP contribution in [0.1, 0.15) is 43.1 Å². The molecule has 1 saturated heterocycles. The van der Waals surface area contributed by atoms with Gasteiger partial charge in [-0.25, -0.2) is 0 Å². The maximum atomic E-state index is 12.5. The highest BCUT2D eigenvalue weighted by molar-refractivity contribution is 5.98. The minimum atomic E-state index is -0.0650. The van der Waals surface area contributed by atoms with Crippen LogP contribution >= 0.6 is 0 Å². The van der Waals surface area contributed by atoms with E-state index < -0.39 is 0 Å². The summed E-state index contributed by atoms with van der Waals surface area (Å²) in [5, 5.41) is 7.29. The number of H-pyrrole nitrogens is 1. The first kappa shape index (κ1) is 15.2. The highest BCUT2D eigenvalue weighted by atomic mass is 16.2. The zero-order valence-electron chi connectivity index (χ0n) is 13.8. The number of hydrogen-bond acceptors (Lipinski definition) is 2. The SMILES string of the molecule is CC1CC(=O)NC2CC(NC(=O)c3cc4ccccc4[nH]3)CCC12. The maximum absolute atomic E-state index is 12.5. The number of fused-ring (bicyclic) bond motifs is 2. The van der Waals surface area contributed by atoms with Crippen LogP contribution in [0.3, 0.4) is 0 Å². The number of benzene rings is 1. The molecule has 3 N–H and O–H groups in total. The number of para-hydroxylation sites is 1. The molecule has 2 amide bonds. The molecule has 1 aromatic carbocycles. The summed E-state index contributed by atoms with van der Waals surface area (Å²) in [6, 6.07) is 10.1. The van der Waals surface area contributed by atoms with Crippen molar-refractivity contribution in [3.05, 3.63) is 36.0 Å². The van der Waals surface area contributed by atoms with Crippen molar-refractivity contribution < 1.29 is 9.59 Å². The van der Waals surface area contributed by atoms with E-state index in [1.54, 1.807) is 0 Å². The number of aromatic nitrogens is 1. The van der Waals surface area contributed by atoms with Gasteiger partial charge in [-0.15, -0.1) is 0 Å². The van der Waals surface area contributed by atoms with Gasteiger partial charge >= 0.3 is 0 Å². The number of nitrogens with one attached hydrogen (secondary N) is 3. The second kappa shape index (κ2) is 5.96. The second-order valence-electron chi connectivity index (χ2n) is 7.27. The molecule has 0 bridgehead atoms. The van der Waals surface area contributed by atoms with E-state index in [0.29, 0.717) is 24.0 Å². The standard InChI is InChI=1S/C19H23N3O2/c1-11-8-18(23)22-16-10-13(6-7-14(11)16)20-19(24)17-9-12-4-2-3-5-15(12)21-17/h2-5,9,11,13-14,16,21H,6-8,10H2,1H3,(H,20,24)(H,22,23). The largest absolute Gasteiger partial charge is 0.353 e. The first-order chi connectivity index (χ1) is 11.6. The molecular weight excluding hydrogens is 302 g/mol. The first-order valence-corrected chi connectivity index (χ1v) is 8.78. The minimum absolute atomic E-state index is 0.0650. The van der Waals surface area contributed by atoms with Crippen LogP contribution in [0.15, 0.2) is 30.3 Å². The summed E-state index contributed by atoms with van der Waals surface area (Å²) in [7, 11) is 0. The number of carbonyl (C=O) groups excluding carboxylic acids is 2. The van der Waals surface area contributed by atoms with Gasteiger partial charge in [0.25, 0.3) is 5.91 Å². The van der Waals surface area contributed by atoms with Gasteiger partial charge in [-0.05, 0) is 43.2 Å². The highest BCUT2D eigenvalue weighted by Gasteiger charge is 2.39. The Balaban J connectivity index is 1.43. The lowest BCUT2D eigenvalue weighted by Gasteiger charge is -2.43. The Morgan fingerprint density at radius 1 is 1.25 bits per heavy atom. The fraction of sp³-hybridized carbons (Fsp3) is 0.474. The van der Waals surface area contributed by atoms with E-state index in [9.17, 15) is 9.59 Å². The van der Waals surface area contributed by atoms with Crippen molar-refractivity contribution in [3.63, 3.8) is 0 Å². The van der Waals surface area contributed by atoms with Gasteiger partial charge in [0.05, 0.1) is 0 Å². The minimum Gasteiger partial charge on any atom is -0.353 e. The van der Waals surface area contributed by atoms with E-state index in [1.165, 1.54) is 0 Å². The first-order valence-electron chi connectivity index (χ1n) is 8.78. The Kier molecular flexibility index (Phi) is 3.79. The lowest BCUT2D eigenvalue weighted by Crippen LogP contribution is -2.54. The third kappa shape index (κ3) is 2.79. The van der Waals surface area contributed by atoms with Crippen LogP contribution in [0.2, 0.25) is 0 Å². The third-order valence-electron chi connectivity index (χ3n) is 5.60. The van der Waals surface area contributed by atoms with Crippen LogP contribution < -0.4 is 10.6 Å². The number of aromatic amines is 1. The zero-order chi connectivity index (χ0) is 16.7. The van der Waals surface area contributed by atoms with Gasteiger partial charge in [-0.1, -0.05) is 25.1 Å². The molecule has 4 rings (SSSR count). The van der Waals surface area contributed by atoms with Crippen LogP contribution in [-0.2, 0) is 4.79 Å². The summed E-state index contributed by atoms with van der Waals surface area (Å²) in [5.41, 5.74) is 1.57. The predicted molar refractivity (Wildman–Crippen MR) is 92.6 cm³/mol. The van der Waals surface area contributed by atoms with Gasteiger partial charge in [0.2, 0.25) is 5.91 Å². The molecular formula is C19H23N3O2. The van der Waals surface area contributed by atoms with Crippen LogP contribution in [0.25, 0.3) is 10.9 Å². The van der Waals surface area contributed by atoms with Gasteiger partial charge in [0.15, 0.2) is 0 Å². The van der Waals surface area contributed by atoms with Crippen LogP contribution in [-0.4, -0.2) is 28.9 Å². The van der Waals surface area contributed by atoms with E-state index in [0.717, 1.165) is 30.2 Å². The Hall–Kier alpha value is -2.30. The number of carbonyl (C=O) groups is 2. The van der Waals surface area contributed by atoms with E-state index >= 15 is 0 Å². The van der Waals surface area contributed by atoms with Crippen molar-refractivity contribution in [1.82, 2.24) is 15.6 Å². The van der Waals surface area contributed by atoms with Crippen molar-refractivity contribution in [2.24, 2.45) is 11.8 Å². The van der Waals surface area contributed by atoms with E-state index in [-0.39, 0.29) is 23.9 Å². The maximum Gasteiger partial charge on any atom is 0.267 e. The molecule has 24 heavy (non-hydrogen) atoms. The van der Waals surface area contributed by atoms with Crippen LogP contribution in [0.5, 0.6) is 0 Å². The van der Waals surface area contributed by atoms with Gasteiger partial charge in [-0.2, -0.15) is 0 Å². The molecule has 2 aliphatic rings. The summed E-state index contributed by atoms with van der Waals surface area (Å²) in [5.74, 6) is 1.06. The highest BCUT2D eigenvalue weighted by Crippen LogP contribution is 2.35. The van der Waals surface area contributed by atoms with E-state index in [1.807, 2.05) is 30.3 Å². The zero-order valence-corrected chi connectivity index (χ0v) is 13.8. The molecule has 5 nitrogen and oxygen atoms in total. The van der Waals surface area contributed by atoms with Gasteiger partial charge in [0, 0.05) is 29.4 Å². The topological polar surface area (TPSA) is 74.0 Å². The molecule has 1 aliphatic carbocycles. The molecule has 2 fully saturated rings. The summed E-state index contributed by atoms with van der Waals surface area (Å²) in [4.78, 5) is 27.5. The second-order valence-corrected chi connectivity index (χ2v) is 7.27. The van der Waals surface area contributed by atoms with Gasteiger partial charge < -0.3 is 15.6 Å². The molecule has 1 aromatic heterocycles. The van der Waals surface area contributed by atoms with Crippen molar-refractivity contribution >= 4 is 22.7 Å². The Morgan fingerprint density at radius 3 is 2.92 bits per heavy atom. The lowest BCUT2D eigenvalue weighted by molar-refractivity contribution is -0.126. The monoisotopic (exact) mass is 325 g/mol. The Labute approximate surface area is 141 Å². The fourth-order valence-corrected chi connectivity index (χ4v) is 4.34. The molecule has 1 saturated carbocycles. The van der Waals surface area contributed by atoms with E-state index in [2.05, 4.69) is 22.5 Å². The van der Waals surface area contributed by atoms with Crippen molar-refractivity contribution in [2.45, 2.75) is 44.7 Å². The van der Waals surface area contributed by atoms with Crippen molar-refractivity contribution in [2.75, 3.05) is 0 Å². The number of hydrogen-bond donors (Lipinski definition) is 3. The molecule has 5 heteroatoms. The molecule has 2 aromatic rings. The summed E-state index contributed by atoms with van der Waals surface area (Å²) < 4.78 is 0. The van der Waals surface area contributed by atoms with Gasteiger partial charge in [-0.3, -0.25) is 9.59 Å². The van der Waals surface area contributed by atoms with E-state index in [4.69, 9.17) is 0 Å². The number of amides is 2. The average Bonchev–Trinajstić information content (AvgIpc) is 2.98. The molecule has 0 radical (unpaired) electrons. The quantitative estimate of drug-likeness (QED) is 0.794. The number of piperidine rings is 1. The summed E-state index contributed by atoms with van der Waals surface area (Å²) in [6.07, 6.45) is 3.50. The summed E-state index contributed by atoms with van der Waals surface area (Å²) >= 11 is 0. The fourth-order valence-electron chi connectivity index (χ4n) is 4.34. The van der Waals surface area contributed by atoms with Crippen molar-refractivity contribution in [1.29, 1.82) is 0 Å². The lowest BCUT2D eigenvalue weighted by atomic mass is 9.72. The molecule has 0 spiro atoms. The van der Waals surface area contributed by atoms with Crippen LogP contribution in [0, 0.1) is 11.8 Å². The third-order valence-corrected chi connectivity index (χ3v) is 5.60. The van der Waals surface area contributed by atoms with Gasteiger partial charge in [0.1, 0.15) is 5.69 Å².